The Kier molecular flexibility index (Phi) is 8.01. The number of para-hydroxylation sites is 1. The second-order valence-electron chi connectivity index (χ2n) is 7.49. The first-order valence-corrected chi connectivity index (χ1v) is 10.5. The van der Waals surface area contributed by atoms with E-state index in [9.17, 15) is 14.4 Å². The van der Waals surface area contributed by atoms with Crippen molar-refractivity contribution in [2.75, 3.05) is 18.1 Å². The molecule has 0 radical (unpaired) electrons. The highest BCUT2D eigenvalue weighted by Crippen LogP contribution is 2.27. The minimum Gasteiger partial charge on any atom is -0.454 e. The Labute approximate surface area is 177 Å². The maximum absolute atomic E-state index is 12.9. The fourth-order valence-corrected chi connectivity index (χ4v) is 3.76. The molecule has 0 aliphatic heterocycles. The molecule has 1 fully saturated rings. The van der Waals surface area contributed by atoms with Gasteiger partial charge in [0.1, 0.15) is 6.54 Å². The number of nitrogens with one attached hydrogen (secondary N) is 1. The van der Waals surface area contributed by atoms with Gasteiger partial charge < -0.3 is 15.0 Å². The summed E-state index contributed by atoms with van der Waals surface area (Å²) >= 11 is 0. The first-order valence-electron chi connectivity index (χ1n) is 10.5. The van der Waals surface area contributed by atoms with Gasteiger partial charge in [-0.2, -0.15) is 0 Å². The summed E-state index contributed by atoms with van der Waals surface area (Å²) in [6, 6.07) is 18.9. The lowest BCUT2D eigenvalue weighted by Crippen LogP contribution is -2.44. The summed E-state index contributed by atoms with van der Waals surface area (Å²) in [5.41, 5.74) is 1.69. The highest BCUT2D eigenvalue weighted by molar-refractivity contribution is 5.96. The highest BCUT2D eigenvalue weighted by atomic mass is 16.5. The number of nitrogens with zero attached hydrogens (tertiary/aromatic N) is 1. The van der Waals surface area contributed by atoms with Gasteiger partial charge >= 0.3 is 5.97 Å². The summed E-state index contributed by atoms with van der Waals surface area (Å²) in [7, 11) is 0. The monoisotopic (exact) mass is 408 g/mol. The molecule has 1 aliphatic carbocycles. The third-order valence-electron chi connectivity index (χ3n) is 5.24. The Morgan fingerprint density at radius 2 is 1.53 bits per heavy atom. The molecule has 1 N–H and O–H groups in total. The molecule has 0 saturated heterocycles. The van der Waals surface area contributed by atoms with E-state index in [1.165, 1.54) is 6.42 Å². The van der Waals surface area contributed by atoms with E-state index in [1.54, 1.807) is 4.90 Å². The molecule has 0 heterocycles. The summed E-state index contributed by atoms with van der Waals surface area (Å²) in [6.45, 7) is -0.591. The van der Waals surface area contributed by atoms with Gasteiger partial charge in [0.15, 0.2) is 6.61 Å². The second kappa shape index (κ2) is 11.1. The van der Waals surface area contributed by atoms with Crippen LogP contribution in [0.5, 0.6) is 0 Å². The van der Waals surface area contributed by atoms with Crippen LogP contribution in [0.1, 0.15) is 37.7 Å². The van der Waals surface area contributed by atoms with E-state index in [2.05, 4.69) is 5.32 Å². The van der Waals surface area contributed by atoms with E-state index in [-0.39, 0.29) is 37.4 Å². The molecule has 2 aromatic rings. The van der Waals surface area contributed by atoms with Crippen LogP contribution >= 0.6 is 0 Å². The number of hydrogen-bond donors (Lipinski definition) is 1. The molecule has 6 nitrogen and oxygen atoms in total. The van der Waals surface area contributed by atoms with Crippen LogP contribution in [0.25, 0.3) is 0 Å². The number of ether oxygens (including phenoxy) is 1. The maximum Gasteiger partial charge on any atom is 0.325 e. The van der Waals surface area contributed by atoms with E-state index >= 15 is 0 Å². The van der Waals surface area contributed by atoms with Gasteiger partial charge in [0, 0.05) is 11.7 Å². The van der Waals surface area contributed by atoms with Crippen molar-refractivity contribution in [2.24, 2.45) is 0 Å². The van der Waals surface area contributed by atoms with E-state index in [0.717, 1.165) is 36.9 Å². The lowest BCUT2D eigenvalue weighted by molar-refractivity contribution is -0.147. The van der Waals surface area contributed by atoms with Crippen LogP contribution in [0.2, 0.25) is 0 Å². The van der Waals surface area contributed by atoms with E-state index in [0.29, 0.717) is 0 Å². The summed E-state index contributed by atoms with van der Waals surface area (Å²) in [5.74, 6) is -1.13. The number of anilines is 1. The lowest BCUT2D eigenvalue weighted by Gasteiger charge is -2.34. The molecule has 158 valence electrons. The van der Waals surface area contributed by atoms with Gasteiger partial charge in [0.05, 0.1) is 6.42 Å². The average molecular weight is 408 g/mol. The number of carbonyl (C=O) groups excluding carboxylic acids is 3. The van der Waals surface area contributed by atoms with Gasteiger partial charge in [-0.15, -0.1) is 0 Å². The minimum atomic E-state index is -0.624. The van der Waals surface area contributed by atoms with Crippen molar-refractivity contribution in [1.82, 2.24) is 5.32 Å². The zero-order valence-corrected chi connectivity index (χ0v) is 17.1. The van der Waals surface area contributed by atoms with Crippen molar-refractivity contribution in [3.63, 3.8) is 0 Å². The average Bonchev–Trinajstić information content (AvgIpc) is 2.78. The molecule has 6 heteroatoms. The summed E-state index contributed by atoms with van der Waals surface area (Å²) < 4.78 is 5.15. The van der Waals surface area contributed by atoms with Crippen molar-refractivity contribution >= 4 is 23.5 Å². The number of rotatable bonds is 8. The summed E-state index contributed by atoms with van der Waals surface area (Å²) in [4.78, 5) is 38.6. The molecule has 0 aromatic heterocycles. The largest absolute Gasteiger partial charge is 0.454 e. The van der Waals surface area contributed by atoms with Gasteiger partial charge in [-0.05, 0) is 30.5 Å². The van der Waals surface area contributed by atoms with Crippen LogP contribution in [-0.2, 0) is 25.5 Å². The van der Waals surface area contributed by atoms with Crippen LogP contribution in [0.4, 0.5) is 5.69 Å². The van der Waals surface area contributed by atoms with E-state index in [4.69, 9.17) is 4.74 Å². The predicted molar refractivity (Wildman–Crippen MR) is 115 cm³/mol. The van der Waals surface area contributed by atoms with E-state index in [1.807, 2.05) is 60.7 Å². The van der Waals surface area contributed by atoms with Gasteiger partial charge in [0.2, 0.25) is 5.91 Å². The van der Waals surface area contributed by atoms with Crippen LogP contribution < -0.4 is 10.2 Å². The van der Waals surface area contributed by atoms with Crippen LogP contribution in [0, 0.1) is 0 Å². The third-order valence-corrected chi connectivity index (χ3v) is 5.24. The maximum atomic E-state index is 12.9. The standard InChI is InChI=1S/C24H28N2O4/c27-22(16-19-10-4-1-5-11-19)25-17-24(29)30-18-23(28)26(20-12-6-2-7-13-20)21-14-8-3-9-15-21/h1-2,4-7,10-13,21H,3,8-9,14-18H2,(H,25,27). The van der Waals surface area contributed by atoms with Crippen molar-refractivity contribution < 1.29 is 19.1 Å². The number of carbonyl (C=O) groups is 3. The summed E-state index contributed by atoms with van der Waals surface area (Å²) in [5, 5.41) is 2.54. The molecule has 0 unspecified atom stereocenters. The third kappa shape index (κ3) is 6.44. The Hall–Kier alpha value is -3.15. The Morgan fingerprint density at radius 3 is 2.20 bits per heavy atom. The van der Waals surface area contributed by atoms with Crippen LogP contribution in [-0.4, -0.2) is 37.0 Å². The molecule has 0 atom stereocenters. The van der Waals surface area contributed by atoms with Gasteiger partial charge in [0.25, 0.3) is 5.91 Å². The number of esters is 1. The topological polar surface area (TPSA) is 75.7 Å². The predicted octanol–water partition coefficient (Wildman–Crippen LogP) is 3.25. The number of hydrogen-bond acceptors (Lipinski definition) is 4. The van der Waals surface area contributed by atoms with Gasteiger partial charge in [-0.25, -0.2) is 0 Å². The fraction of sp³-hybridized carbons (Fsp3) is 0.375. The van der Waals surface area contributed by atoms with Crippen molar-refractivity contribution in [3.05, 3.63) is 66.2 Å². The Balaban J connectivity index is 1.49. The van der Waals surface area contributed by atoms with Crippen molar-refractivity contribution in [2.45, 2.75) is 44.6 Å². The molecule has 3 rings (SSSR count). The van der Waals surface area contributed by atoms with Gasteiger partial charge in [-0.1, -0.05) is 67.8 Å². The normalized spacial score (nSPS) is 14.0. The van der Waals surface area contributed by atoms with E-state index < -0.39 is 5.97 Å². The first kappa shape index (κ1) is 21.6. The molecule has 1 saturated carbocycles. The molecule has 1 aliphatic rings. The van der Waals surface area contributed by atoms with Crippen LogP contribution in [0.3, 0.4) is 0 Å². The lowest BCUT2D eigenvalue weighted by atomic mass is 9.93. The van der Waals surface area contributed by atoms with Crippen molar-refractivity contribution in [3.8, 4) is 0 Å². The highest BCUT2D eigenvalue weighted by Gasteiger charge is 2.27. The van der Waals surface area contributed by atoms with Crippen molar-refractivity contribution in [1.29, 1.82) is 0 Å². The smallest absolute Gasteiger partial charge is 0.325 e. The molecule has 2 aromatic carbocycles. The molecular weight excluding hydrogens is 380 g/mol. The number of benzene rings is 2. The molecule has 30 heavy (non-hydrogen) atoms. The molecule has 0 bridgehead atoms. The SMILES string of the molecule is O=C(Cc1ccccc1)NCC(=O)OCC(=O)N(c1ccccc1)C1CCCCC1. The van der Waals surface area contributed by atoms with Gasteiger partial charge in [-0.3, -0.25) is 14.4 Å². The Bertz CT molecular complexity index is 833. The number of amides is 2. The second-order valence-corrected chi connectivity index (χ2v) is 7.49. The minimum absolute atomic E-state index is 0.123. The zero-order chi connectivity index (χ0) is 21.2. The quantitative estimate of drug-likeness (QED) is 0.681. The first-order chi connectivity index (χ1) is 14.6. The summed E-state index contributed by atoms with van der Waals surface area (Å²) in [6.07, 6.45) is 5.46. The van der Waals surface area contributed by atoms with Crippen LogP contribution in [0.15, 0.2) is 60.7 Å². The Morgan fingerprint density at radius 1 is 0.900 bits per heavy atom. The molecule has 0 spiro atoms. The fourth-order valence-electron chi connectivity index (χ4n) is 3.76. The molecule has 2 amide bonds. The molecular formula is C24H28N2O4. The zero-order valence-electron chi connectivity index (χ0n) is 17.1.